The summed E-state index contributed by atoms with van der Waals surface area (Å²) in [7, 11) is 0. The van der Waals surface area contributed by atoms with Crippen LogP contribution in [0, 0.1) is 5.41 Å². The van der Waals surface area contributed by atoms with Crippen molar-refractivity contribution in [3.05, 3.63) is 22.3 Å². The van der Waals surface area contributed by atoms with Crippen molar-refractivity contribution in [2.45, 2.75) is 31.1 Å². The first-order valence-corrected chi connectivity index (χ1v) is 28.9. The minimum atomic E-state index is -1.79. The highest BCUT2D eigenvalue weighted by Crippen LogP contribution is 2.96. The van der Waals surface area contributed by atoms with Crippen LogP contribution in [0.1, 0.15) is 42.5 Å². The summed E-state index contributed by atoms with van der Waals surface area (Å²) in [5, 5.41) is 78.4. The van der Waals surface area contributed by atoms with Gasteiger partial charge in [-0.25, -0.2) is 0 Å². The van der Waals surface area contributed by atoms with Gasteiger partial charge in [-0.15, -0.1) is 0 Å². The Morgan fingerprint density at radius 1 is 0.253 bits per heavy atom. The number of esters is 3. The van der Waals surface area contributed by atoms with E-state index in [4.69, 9.17) is 18.9 Å². The quantitative estimate of drug-likeness (QED) is 0.0443. The lowest BCUT2D eigenvalue weighted by Crippen LogP contribution is -2.39. The smallest absolute Gasteiger partial charge is 0.326 e. The molecule has 28 aromatic carbocycles. The van der Waals surface area contributed by atoms with Crippen molar-refractivity contribution in [3.8, 4) is 0 Å². The number of hydrogen-bond acceptors (Lipinski definition) is 7. The topological polar surface area (TPSA) is 88.1 Å². The van der Waals surface area contributed by atoms with Crippen molar-refractivity contribution in [2.24, 2.45) is 5.41 Å². The summed E-state index contributed by atoms with van der Waals surface area (Å²) in [6, 6.07) is 0. The van der Waals surface area contributed by atoms with Gasteiger partial charge in [0.1, 0.15) is 13.2 Å². The molecule has 5 aliphatic carbocycles. The fourth-order valence-electron chi connectivity index (χ4n) is 26.2. The second-order valence-corrected chi connectivity index (χ2v) is 27.0. The summed E-state index contributed by atoms with van der Waals surface area (Å²) >= 11 is 0. The van der Waals surface area contributed by atoms with Gasteiger partial charge in [0.15, 0.2) is 5.41 Å². The van der Waals surface area contributed by atoms with E-state index in [0.29, 0.717) is 6.42 Å². The zero-order chi connectivity index (χ0) is 48.8. The summed E-state index contributed by atoms with van der Waals surface area (Å²) in [6.07, 6.45) is 0.293. The van der Waals surface area contributed by atoms with E-state index in [1.165, 1.54) is 302 Å². The van der Waals surface area contributed by atoms with Crippen molar-refractivity contribution >= 4 is 309 Å². The highest BCUT2D eigenvalue weighted by atomic mass is 16.6. The highest BCUT2D eigenvalue weighted by molar-refractivity contribution is 6.82. The fraction of sp³-hybridized carbons (Fsp3) is 0.153. The Morgan fingerprint density at radius 3 is 0.646 bits per heavy atom. The van der Waals surface area contributed by atoms with Gasteiger partial charge in [-0.2, -0.15) is 0 Å². The summed E-state index contributed by atoms with van der Waals surface area (Å²) in [5.41, 5.74) is 0.802. The Bertz CT molecular complexity index is 6990. The van der Waals surface area contributed by atoms with Crippen molar-refractivity contribution in [1.29, 1.82) is 0 Å². The van der Waals surface area contributed by atoms with Crippen LogP contribution in [0.15, 0.2) is 0 Å². The average molecular weight is 995 g/mol. The summed E-state index contributed by atoms with van der Waals surface area (Å²) in [5.74, 6) is -1.23. The first-order valence-electron chi connectivity index (χ1n) is 28.9. The van der Waals surface area contributed by atoms with E-state index < -0.39 is 28.2 Å². The van der Waals surface area contributed by atoms with Gasteiger partial charge in [0, 0.05) is 6.42 Å². The highest BCUT2D eigenvalue weighted by Gasteiger charge is 3.01. The van der Waals surface area contributed by atoms with Crippen LogP contribution in [0.2, 0.25) is 0 Å². The van der Waals surface area contributed by atoms with Crippen LogP contribution in [0.4, 0.5) is 0 Å². The van der Waals surface area contributed by atoms with Gasteiger partial charge in [-0.05, 0) is 320 Å². The average Bonchev–Trinajstić information content (AvgIpc) is 1.36. The molecular weight excluding hydrogens is 977 g/mol. The second-order valence-electron chi connectivity index (χ2n) is 27.0. The van der Waals surface area contributed by atoms with Crippen molar-refractivity contribution < 1.29 is 33.3 Å². The maximum atomic E-state index is 17.1. The molecule has 0 unspecified atom stereocenters. The third-order valence-corrected chi connectivity index (χ3v) is 26.5. The molecule has 28 aromatic rings. The van der Waals surface area contributed by atoms with E-state index >= 15 is 9.59 Å². The molecule has 0 amide bonds. The molecule has 0 radical (unpaired) electrons. The van der Waals surface area contributed by atoms with Gasteiger partial charge in [0.2, 0.25) is 0 Å². The van der Waals surface area contributed by atoms with Crippen molar-refractivity contribution in [2.75, 3.05) is 33.0 Å². The number of carbonyl (C=O) groups is 3. The molecule has 33 rings (SSSR count). The standard InChI is InChI=1S/C72H18O7/c1-3-9(73)78-7-5-76-6-8-79-69(75)72(68(74)77-4-2)70-64-56-48-38-28-20-12-10-11-14-18-16(12)24-32-26(18)36-30-22(14)23-15(11)19-17-13(10)21(20)29-35-25(17)33-27(19)37-31(23)41-40(30)50-44(36)54-46(32)52(42(48)34(24)28)60(64)62(54)66-58(50)59-51(41)45(37)55-47(33)53-43(35)49(39(29)38)57(56)65(70)61(53)63(55)67(59)71(66,70)72/h3-8H2,1-2H3. The van der Waals surface area contributed by atoms with Gasteiger partial charge < -0.3 is 18.9 Å². The predicted molar refractivity (Wildman–Crippen MR) is 316 cm³/mol. The van der Waals surface area contributed by atoms with Crippen LogP contribution in [-0.4, -0.2) is 50.9 Å². The second kappa shape index (κ2) is 7.77. The lowest BCUT2D eigenvalue weighted by Gasteiger charge is -2.32. The number of carbonyl (C=O) groups excluding carboxylic acids is 3. The predicted octanol–water partition coefficient (Wildman–Crippen LogP) is 16.4. The minimum Gasteiger partial charge on any atom is -0.465 e. The lowest BCUT2D eigenvalue weighted by molar-refractivity contribution is -0.167. The normalized spacial score (nSPS) is 22.7. The van der Waals surface area contributed by atoms with E-state index in [1.807, 2.05) is 6.92 Å². The SMILES string of the molecule is CCOC(=O)C1(C(=O)OCCOCCOC(=O)CC)C23c4c5c6c7c8c9c(c%10c%11c2c2c4c4c%12c5c5c6c6c8c8c%13c9c9c%10c%10c%11c%11c2c2c4c4c%12c%12c5c5c6c8c6c8c%13c9c9c%10c%10c%11c2c2c4c4c%12c5c6c5c8c9c%10c2c45)C713. The first-order chi connectivity index (χ1) is 39.1. The van der Waals surface area contributed by atoms with Gasteiger partial charge in [0.25, 0.3) is 0 Å². The Kier molecular flexibility index (Phi) is 3.20. The van der Waals surface area contributed by atoms with Gasteiger partial charge >= 0.3 is 17.9 Å². The molecular formula is C72H18O7. The molecule has 0 atom stereocenters. The van der Waals surface area contributed by atoms with Crippen LogP contribution in [0.5, 0.6) is 0 Å². The zero-order valence-corrected chi connectivity index (χ0v) is 41.1. The largest absolute Gasteiger partial charge is 0.465 e. The molecule has 0 saturated heterocycles. The summed E-state index contributed by atoms with van der Waals surface area (Å²) in [6.45, 7) is 4.18. The molecule has 7 heteroatoms. The molecule has 5 aliphatic rings. The maximum absolute atomic E-state index is 17.1. The third-order valence-electron chi connectivity index (χ3n) is 26.5. The fourth-order valence-corrected chi connectivity index (χ4v) is 26.2. The lowest BCUT2D eigenvalue weighted by atomic mass is 9.68. The third kappa shape index (κ3) is 1.86. The van der Waals surface area contributed by atoms with E-state index in [9.17, 15) is 4.79 Å². The van der Waals surface area contributed by atoms with Gasteiger partial charge in [-0.1, -0.05) is 6.92 Å². The van der Waals surface area contributed by atoms with E-state index in [2.05, 4.69) is 0 Å². The van der Waals surface area contributed by atoms with Crippen LogP contribution in [-0.2, 0) is 44.2 Å². The maximum Gasteiger partial charge on any atom is 0.326 e. The molecule has 2 spiro atoms. The molecule has 0 N–H and O–H groups in total. The van der Waals surface area contributed by atoms with Crippen molar-refractivity contribution in [1.82, 2.24) is 0 Å². The number of ether oxygens (including phenoxy) is 4. The van der Waals surface area contributed by atoms with Gasteiger partial charge in [-0.3, -0.25) is 14.4 Å². The summed E-state index contributed by atoms with van der Waals surface area (Å²) in [4.78, 5) is 46.1. The van der Waals surface area contributed by atoms with E-state index in [1.54, 1.807) is 17.7 Å². The Hall–Kier alpha value is -9.17. The van der Waals surface area contributed by atoms with Crippen molar-refractivity contribution in [3.63, 3.8) is 0 Å². The van der Waals surface area contributed by atoms with E-state index in [0.717, 1.165) is 0 Å². The molecule has 1 fully saturated rings. The molecule has 79 heavy (non-hydrogen) atoms. The van der Waals surface area contributed by atoms with E-state index in [-0.39, 0.29) is 39.0 Å². The molecule has 0 heterocycles. The zero-order valence-electron chi connectivity index (χ0n) is 41.1. The molecule has 7 nitrogen and oxygen atoms in total. The van der Waals surface area contributed by atoms with Gasteiger partial charge in [0.05, 0.1) is 30.7 Å². The van der Waals surface area contributed by atoms with Crippen LogP contribution in [0.25, 0.3) is 291 Å². The Balaban J connectivity index is 0.975. The number of hydrogen-bond donors (Lipinski definition) is 0. The molecule has 0 aromatic heterocycles. The molecule has 1 saturated carbocycles. The van der Waals surface area contributed by atoms with Crippen LogP contribution in [0.3, 0.4) is 0 Å². The molecule has 0 aliphatic heterocycles. The minimum absolute atomic E-state index is 0.0488. The Labute approximate surface area is 431 Å². The molecule has 348 valence electrons. The summed E-state index contributed by atoms with van der Waals surface area (Å²) < 4.78 is 25.0. The number of rotatable bonds is 10. The Morgan fingerprint density at radius 2 is 0.443 bits per heavy atom. The monoisotopic (exact) mass is 994 g/mol. The molecule has 0 bridgehead atoms. The van der Waals surface area contributed by atoms with Crippen LogP contribution >= 0.6 is 0 Å². The van der Waals surface area contributed by atoms with Crippen LogP contribution < -0.4 is 0 Å². The number of benzene rings is 18. The first kappa shape index (κ1) is 32.5.